The van der Waals surface area contributed by atoms with E-state index < -0.39 is 11.7 Å². The molecule has 1 aromatic heterocycles. The first-order valence-electron chi connectivity index (χ1n) is 5.97. The highest BCUT2D eigenvalue weighted by Crippen LogP contribution is 2.34. The summed E-state index contributed by atoms with van der Waals surface area (Å²) in [6.45, 7) is 0. The highest BCUT2D eigenvalue weighted by Gasteiger charge is 2.31. The van der Waals surface area contributed by atoms with E-state index in [1.165, 1.54) is 6.07 Å². The van der Waals surface area contributed by atoms with E-state index in [0.717, 1.165) is 22.1 Å². The van der Waals surface area contributed by atoms with Crippen molar-refractivity contribution in [1.82, 2.24) is 9.97 Å². The van der Waals surface area contributed by atoms with Crippen molar-refractivity contribution in [1.29, 1.82) is 0 Å². The normalized spacial score (nSPS) is 12.0. The van der Waals surface area contributed by atoms with Crippen molar-refractivity contribution in [3.05, 3.63) is 46.4 Å². The minimum Gasteiger partial charge on any atom is -0.398 e. The highest BCUT2D eigenvalue weighted by molar-refractivity contribution is 9.10. The fourth-order valence-electron chi connectivity index (χ4n) is 2.05. The Hall–Kier alpha value is -2.02. The molecule has 0 atom stereocenters. The van der Waals surface area contributed by atoms with E-state index in [4.69, 9.17) is 5.73 Å². The fourth-order valence-corrected chi connectivity index (χ4v) is 2.41. The lowest BCUT2D eigenvalue weighted by molar-refractivity contribution is -0.137. The van der Waals surface area contributed by atoms with E-state index >= 15 is 0 Å². The predicted molar refractivity (Wildman–Crippen MR) is 78.6 cm³/mol. The van der Waals surface area contributed by atoms with Gasteiger partial charge in [0.1, 0.15) is 5.82 Å². The summed E-state index contributed by atoms with van der Waals surface area (Å²) in [4.78, 5) is 7.27. The molecule has 2 aromatic carbocycles. The summed E-state index contributed by atoms with van der Waals surface area (Å²) >= 11 is 3.33. The molecule has 1 heterocycles. The van der Waals surface area contributed by atoms with E-state index in [1.54, 1.807) is 12.1 Å². The number of nitrogens with zero attached hydrogens (tertiary/aromatic N) is 1. The summed E-state index contributed by atoms with van der Waals surface area (Å²) in [5.74, 6) is 0.312. The van der Waals surface area contributed by atoms with E-state index in [1.807, 2.05) is 6.07 Å². The summed E-state index contributed by atoms with van der Waals surface area (Å²) in [7, 11) is 0. The van der Waals surface area contributed by atoms with Crippen LogP contribution in [0.2, 0.25) is 0 Å². The van der Waals surface area contributed by atoms with Crippen LogP contribution >= 0.6 is 15.9 Å². The summed E-state index contributed by atoms with van der Waals surface area (Å²) in [5, 5.41) is 0. The molecule has 0 aliphatic rings. The fraction of sp³-hybridized carbons (Fsp3) is 0.0714. The van der Waals surface area contributed by atoms with Crippen molar-refractivity contribution in [2.75, 3.05) is 5.73 Å². The molecule has 3 rings (SSSR count). The van der Waals surface area contributed by atoms with Crippen molar-refractivity contribution >= 4 is 32.7 Å². The SMILES string of the molecule is Nc1ccc(C(F)(F)F)cc1-c1nc2ccc(Br)cc2[nH]1. The van der Waals surface area contributed by atoms with Crippen LogP contribution in [0.3, 0.4) is 0 Å². The van der Waals surface area contributed by atoms with E-state index in [9.17, 15) is 13.2 Å². The van der Waals surface area contributed by atoms with Gasteiger partial charge in [-0.2, -0.15) is 13.2 Å². The Kier molecular flexibility index (Phi) is 3.16. The molecule has 7 heteroatoms. The predicted octanol–water partition coefficient (Wildman–Crippen LogP) is 4.59. The average Bonchev–Trinajstić information content (AvgIpc) is 2.80. The molecule has 0 radical (unpaired) electrons. The molecule has 21 heavy (non-hydrogen) atoms. The molecule has 0 saturated heterocycles. The smallest absolute Gasteiger partial charge is 0.398 e. The average molecular weight is 356 g/mol. The zero-order valence-corrected chi connectivity index (χ0v) is 12.1. The number of H-pyrrole nitrogens is 1. The number of hydrogen-bond donors (Lipinski definition) is 2. The summed E-state index contributed by atoms with van der Waals surface area (Å²) in [6, 6.07) is 8.57. The van der Waals surface area contributed by atoms with Gasteiger partial charge in [0.2, 0.25) is 0 Å². The second kappa shape index (κ2) is 4.77. The Morgan fingerprint density at radius 3 is 2.57 bits per heavy atom. The van der Waals surface area contributed by atoms with Gasteiger partial charge in [-0.15, -0.1) is 0 Å². The van der Waals surface area contributed by atoms with E-state index in [2.05, 4.69) is 25.9 Å². The number of rotatable bonds is 1. The Morgan fingerprint density at radius 2 is 1.86 bits per heavy atom. The third-order valence-electron chi connectivity index (χ3n) is 3.08. The molecule has 3 aromatic rings. The second-order valence-electron chi connectivity index (χ2n) is 4.55. The number of hydrogen-bond acceptors (Lipinski definition) is 2. The Bertz CT molecular complexity index is 824. The van der Waals surface area contributed by atoms with Crippen LogP contribution in [0.15, 0.2) is 40.9 Å². The van der Waals surface area contributed by atoms with Crippen LogP contribution in [0.4, 0.5) is 18.9 Å². The molecule has 0 amide bonds. The van der Waals surface area contributed by atoms with E-state index in [0.29, 0.717) is 11.3 Å². The molecule has 0 bridgehead atoms. The Balaban J connectivity index is 2.17. The maximum Gasteiger partial charge on any atom is 0.416 e. The van der Waals surface area contributed by atoms with Gasteiger partial charge in [-0.3, -0.25) is 0 Å². The largest absolute Gasteiger partial charge is 0.416 e. The van der Waals surface area contributed by atoms with Crippen LogP contribution < -0.4 is 5.73 Å². The number of halogens is 4. The van der Waals surface area contributed by atoms with Gasteiger partial charge in [-0.05, 0) is 36.4 Å². The lowest BCUT2D eigenvalue weighted by atomic mass is 10.1. The van der Waals surface area contributed by atoms with Gasteiger partial charge in [0.05, 0.1) is 16.6 Å². The number of fused-ring (bicyclic) bond motifs is 1. The second-order valence-corrected chi connectivity index (χ2v) is 5.46. The van der Waals surface area contributed by atoms with Crippen molar-refractivity contribution in [2.45, 2.75) is 6.18 Å². The molecular weight excluding hydrogens is 347 g/mol. The number of aromatic nitrogens is 2. The van der Waals surface area contributed by atoms with Crippen LogP contribution in [-0.4, -0.2) is 9.97 Å². The molecular formula is C14H9BrF3N3. The van der Waals surface area contributed by atoms with Crippen LogP contribution in [-0.2, 0) is 6.18 Å². The number of nitrogens with one attached hydrogen (secondary N) is 1. The minimum absolute atomic E-state index is 0.233. The maximum absolute atomic E-state index is 12.8. The number of benzene rings is 2. The number of imidazole rings is 1. The standard InChI is InChI=1S/C14H9BrF3N3/c15-8-2-4-11-12(6-8)21-13(20-11)9-5-7(14(16,17)18)1-3-10(9)19/h1-6H,19H2,(H,20,21). The molecule has 0 aliphatic carbocycles. The molecule has 0 unspecified atom stereocenters. The van der Waals surface area contributed by atoms with Crippen molar-refractivity contribution in [3.8, 4) is 11.4 Å². The molecule has 3 N–H and O–H groups in total. The Labute approximate surface area is 126 Å². The Morgan fingerprint density at radius 1 is 1.10 bits per heavy atom. The number of aromatic amines is 1. The quantitative estimate of drug-likeness (QED) is 0.627. The van der Waals surface area contributed by atoms with Crippen molar-refractivity contribution in [2.24, 2.45) is 0 Å². The molecule has 0 spiro atoms. The number of nitrogens with two attached hydrogens (primary N) is 1. The van der Waals surface area contributed by atoms with Gasteiger partial charge in [-0.1, -0.05) is 15.9 Å². The minimum atomic E-state index is -4.42. The molecule has 0 saturated carbocycles. The molecule has 108 valence electrons. The van der Waals surface area contributed by atoms with Gasteiger partial charge < -0.3 is 10.7 Å². The summed E-state index contributed by atoms with van der Waals surface area (Å²) in [6.07, 6.45) is -4.42. The first kappa shape index (κ1) is 13.9. The van der Waals surface area contributed by atoms with Crippen LogP contribution in [0.1, 0.15) is 5.56 Å². The maximum atomic E-state index is 12.8. The van der Waals surface area contributed by atoms with Crippen LogP contribution in [0.25, 0.3) is 22.4 Å². The lowest BCUT2D eigenvalue weighted by Gasteiger charge is -2.09. The summed E-state index contributed by atoms with van der Waals surface area (Å²) < 4.78 is 39.2. The monoisotopic (exact) mass is 355 g/mol. The number of nitrogen functional groups attached to an aromatic ring is 1. The zero-order chi connectivity index (χ0) is 15.2. The van der Waals surface area contributed by atoms with E-state index in [-0.39, 0.29) is 11.3 Å². The van der Waals surface area contributed by atoms with Crippen molar-refractivity contribution < 1.29 is 13.2 Å². The van der Waals surface area contributed by atoms with Crippen LogP contribution in [0.5, 0.6) is 0 Å². The van der Waals surface area contributed by atoms with Crippen molar-refractivity contribution in [3.63, 3.8) is 0 Å². The van der Waals surface area contributed by atoms with Gasteiger partial charge in [-0.25, -0.2) is 4.98 Å². The third-order valence-corrected chi connectivity index (χ3v) is 3.57. The van der Waals surface area contributed by atoms with Gasteiger partial charge in [0.15, 0.2) is 0 Å². The first-order chi connectivity index (χ1) is 9.84. The van der Waals surface area contributed by atoms with Gasteiger partial charge in [0.25, 0.3) is 0 Å². The molecule has 3 nitrogen and oxygen atoms in total. The highest BCUT2D eigenvalue weighted by atomic mass is 79.9. The number of anilines is 1. The molecule has 0 fully saturated rings. The van der Waals surface area contributed by atoms with Gasteiger partial charge >= 0.3 is 6.18 Å². The molecule has 0 aliphatic heterocycles. The zero-order valence-electron chi connectivity index (χ0n) is 10.5. The summed E-state index contributed by atoms with van der Waals surface area (Å²) in [5.41, 5.74) is 6.87. The number of alkyl halides is 3. The topological polar surface area (TPSA) is 54.7 Å². The van der Waals surface area contributed by atoms with Gasteiger partial charge in [0, 0.05) is 15.7 Å². The first-order valence-corrected chi connectivity index (χ1v) is 6.76. The van der Waals surface area contributed by atoms with Crippen LogP contribution in [0, 0.1) is 0 Å². The lowest BCUT2D eigenvalue weighted by Crippen LogP contribution is -2.06. The third kappa shape index (κ3) is 2.61.